The highest BCUT2D eigenvalue weighted by Crippen LogP contribution is 2.23. The lowest BCUT2D eigenvalue weighted by Gasteiger charge is -2.28. The number of nitrogens with zero attached hydrogens (tertiary/aromatic N) is 2. The van der Waals surface area contributed by atoms with E-state index in [2.05, 4.69) is 40.4 Å². The number of oxime groups is 1. The highest BCUT2D eigenvalue weighted by atomic mass is 16.6. The first-order chi connectivity index (χ1) is 12.3. The Kier molecular flexibility index (Phi) is 7.07. The van der Waals surface area contributed by atoms with Crippen molar-refractivity contribution in [3.63, 3.8) is 0 Å². The van der Waals surface area contributed by atoms with Crippen molar-refractivity contribution in [1.82, 2.24) is 4.90 Å². The fourth-order valence-corrected chi connectivity index (χ4v) is 3.62. The van der Waals surface area contributed by atoms with E-state index >= 15 is 0 Å². The Morgan fingerprint density at radius 2 is 1.80 bits per heavy atom. The molecule has 0 amide bonds. The van der Waals surface area contributed by atoms with Crippen LogP contribution in [-0.4, -0.2) is 48.1 Å². The standard InChI is InChI=1S/C21H30N2O2/c24-20(16-23-13-7-2-8-14-23)17-25-22-21-12-6-5-11-19(21)15-18-9-3-1-4-10-18/h1,3-4,9-10,15,20,24H,2,5-8,11-14,16-17H2/b19-15-,22-21+. The molecular weight excluding hydrogens is 312 g/mol. The van der Waals surface area contributed by atoms with Crippen LogP contribution in [-0.2, 0) is 4.84 Å². The monoisotopic (exact) mass is 342 g/mol. The maximum Gasteiger partial charge on any atom is 0.144 e. The van der Waals surface area contributed by atoms with Crippen molar-refractivity contribution in [2.45, 2.75) is 51.0 Å². The van der Waals surface area contributed by atoms with Gasteiger partial charge in [0.1, 0.15) is 12.7 Å². The largest absolute Gasteiger partial charge is 0.393 e. The van der Waals surface area contributed by atoms with Gasteiger partial charge in [-0.25, -0.2) is 0 Å². The van der Waals surface area contributed by atoms with E-state index in [4.69, 9.17) is 4.84 Å². The van der Waals surface area contributed by atoms with Crippen LogP contribution in [0.25, 0.3) is 6.08 Å². The summed E-state index contributed by atoms with van der Waals surface area (Å²) >= 11 is 0. The molecule has 4 nitrogen and oxygen atoms in total. The van der Waals surface area contributed by atoms with E-state index in [1.54, 1.807) is 0 Å². The Bertz CT molecular complexity index is 577. The highest BCUT2D eigenvalue weighted by molar-refractivity contribution is 6.03. The van der Waals surface area contributed by atoms with Crippen molar-refractivity contribution in [2.24, 2.45) is 5.16 Å². The second kappa shape index (κ2) is 9.73. The Balaban J connectivity index is 1.52. The summed E-state index contributed by atoms with van der Waals surface area (Å²) in [6.07, 6.45) is 9.91. The van der Waals surface area contributed by atoms with Gasteiger partial charge in [-0.1, -0.05) is 41.9 Å². The Morgan fingerprint density at radius 3 is 2.60 bits per heavy atom. The van der Waals surface area contributed by atoms with Gasteiger partial charge in [0.2, 0.25) is 0 Å². The van der Waals surface area contributed by atoms with Gasteiger partial charge in [0.25, 0.3) is 0 Å². The molecule has 1 saturated heterocycles. The van der Waals surface area contributed by atoms with Crippen molar-refractivity contribution < 1.29 is 9.94 Å². The predicted octanol–water partition coefficient (Wildman–Crippen LogP) is 3.86. The molecule has 2 fully saturated rings. The van der Waals surface area contributed by atoms with Gasteiger partial charge in [0.15, 0.2) is 0 Å². The number of likely N-dealkylation sites (tertiary alicyclic amines) is 1. The van der Waals surface area contributed by atoms with Crippen molar-refractivity contribution in [3.05, 3.63) is 41.5 Å². The fourth-order valence-electron chi connectivity index (χ4n) is 3.62. The van der Waals surface area contributed by atoms with E-state index in [0.717, 1.165) is 38.1 Å². The summed E-state index contributed by atoms with van der Waals surface area (Å²) in [7, 11) is 0. The third-order valence-corrected chi connectivity index (χ3v) is 4.98. The van der Waals surface area contributed by atoms with Crippen LogP contribution in [0.3, 0.4) is 0 Å². The zero-order chi connectivity index (χ0) is 17.3. The minimum absolute atomic E-state index is 0.276. The summed E-state index contributed by atoms with van der Waals surface area (Å²) in [6.45, 7) is 3.15. The van der Waals surface area contributed by atoms with Crippen molar-refractivity contribution in [1.29, 1.82) is 0 Å². The molecule has 2 aliphatic rings. The maximum atomic E-state index is 10.2. The van der Waals surface area contributed by atoms with Crippen LogP contribution in [0.2, 0.25) is 0 Å². The average molecular weight is 342 g/mol. The topological polar surface area (TPSA) is 45.1 Å². The fraction of sp³-hybridized carbons (Fsp3) is 0.571. The van der Waals surface area contributed by atoms with Gasteiger partial charge < -0.3 is 14.8 Å². The van der Waals surface area contributed by atoms with E-state index in [-0.39, 0.29) is 6.61 Å². The van der Waals surface area contributed by atoms with Gasteiger partial charge >= 0.3 is 0 Å². The van der Waals surface area contributed by atoms with Crippen LogP contribution in [0, 0.1) is 0 Å². The summed E-state index contributed by atoms with van der Waals surface area (Å²) in [6, 6.07) is 10.4. The first-order valence-corrected chi connectivity index (χ1v) is 9.66. The number of rotatable bonds is 6. The molecular formula is C21H30N2O2. The van der Waals surface area contributed by atoms with E-state index < -0.39 is 6.10 Å². The first kappa shape index (κ1) is 18.2. The molecule has 0 spiro atoms. The van der Waals surface area contributed by atoms with Crippen LogP contribution < -0.4 is 0 Å². The van der Waals surface area contributed by atoms with Gasteiger partial charge in [-0.3, -0.25) is 0 Å². The van der Waals surface area contributed by atoms with Crippen LogP contribution in [0.5, 0.6) is 0 Å². The SMILES string of the molecule is OC(CO/N=C1\CCCC\C1=C\c1ccccc1)CN1CCCCC1. The smallest absolute Gasteiger partial charge is 0.144 e. The number of piperidine rings is 1. The zero-order valence-electron chi connectivity index (χ0n) is 15.1. The van der Waals surface area contributed by atoms with E-state index in [1.165, 1.54) is 36.8 Å². The number of allylic oxidation sites excluding steroid dienone is 1. The second-order valence-corrected chi connectivity index (χ2v) is 7.14. The van der Waals surface area contributed by atoms with Gasteiger partial charge in [-0.2, -0.15) is 0 Å². The molecule has 1 aliphatic heterocycles. The number of hydrogen-bond donors (Lipinski definition) is 1. The molecule has 0 aromatic heterocycles. The summed E-state index contributed by atoms with van der Waals surface area (Å²) in [5, 5.41) is 14.5. The molecule has 3 rings (SSSR count). The van der Waals surface area contributed by atoms with E-state index in [1.807, 2.05) is 6.07 Å². The first-order valence-electron chi connectivity index (χ1n) is 9.66. The lowest BCUT2D eigenvalue weighted by atomic mass is 9.91. The molecule has 25 heavy (non-hydrogen) atoms. The summed E-state index contributed by atoms with van der Waals surface area (Å²) < 4.78 is 0. The van der Waals surface area contributed by atoms with Crippen LogP contribution in [0.1, 0.15) is 50.5 Å². The average Bonchev–Trinajstić information content (AvgIpc) is 2.65. The number of aliphatic hydroxyl groups excluding tert-OH is 1. The quantitative estimate of drug-likeness (QED) is 0.798. The third kappa shape index (κ3) is 5.98. The van der Waals surface area contributed by atoms with Crippen molar-refractivity contribution in [2.75, 3.05) is 26.2 Å². The molecule has 1 aromatic rings. The summed E-state index contributed by atoms with van der Waals surface area (Å²) in [5.41, 5.74) is 3.51. The van der Waals surface area contributed by atoms with Gasteiger partial charge in [-0.15, -0.1) is 0 Å². The van der Waals surface area contributed by atoms with Crippen molar-refractivity contribution >= 4 is 11.8 Å². The van der Waals surface area contributed by atoms with E-state index in [9.17, 15) is 5.11 Å². The third-order valence-electron chi connectivity index (χ3n) is 4.98. The van der Waals surface area contributed by atoms with Gasteiger partial charge in [0.05, 0.1) is 5.71 Å². The van der Waals surface area contributed by atoms with Crippen LogP contribution in [0.15, 0.2) is 41.1 Å². The molecule has 1 saturated carbocycles. The van der Waals surface area contributed by atoms with Crippen molar-refractivity contribution in [3.8, 4) is 0 Å². The molecule has 4 heteroatoms. The minimum atomic E-state index is -0.465. The molecule has 1 aromatic carbocycles. The lowest BCUT2D eigenvalue weighted by molar-refractivity contribution is 0.0156. The maximum absolute atomic E-state index is 10.2. The van der Waals surface area contributed by atoms with E-state index in [0.29, 0.717) is 6.54 Å². The number of benzene rings is 1. The highest BCUT2D eigenvalue weighted by Gasteiger charge is 2.16. The Morgan fingerprint density at radius 1 is 1.04 bits per heavy atom. The number of β-amino-alcohol motifs (C(OH)–C–C–N with tert-alkyl or cyclic N) is 1. The van der Waals surface area contributed by atoms with Gasteiger partial charge in [0, 0.05) is 6.54 Å². The molecule has 1 unspecified atom stereocenters. The molecule has 1 aliphatic carbocycles. The molecule has 136 valence electrons. The Labute approximate surface area is 151 Å². The molecule has 0 radical (unpaired) electrons. The normalized spacial score (nSPS) is 23.7. The molecule has 0 bridgehead atoms. The van der Waals surface area contributed by atoms with Gasteiger partial charge in [-0.05, 0) is 68.8 Å². The molecule has 1 heterocycles. The summed E-state index contributed by atoms with van der Waals surface area (Å²) in [5.74, 6) is 0. The second-order valence-electron chi connectivity index (χ2n) is 7.14. The summed E-state index contributed by atoms with van der Waals surface area (Å²) in [4.78, 5) is 7.84. The lowest BCUT2D eigenvalue weighted by Crippen LogP contribution is -2.38. The number of hydrogen-bond acceptors (Lipinski definition) is 4. The number of aliphatic hydroxyl groups is 1. The Hall–Kier alpha value is -1.65. The molecule has 1 N–H and O–H groups in total. The van der Waals surface area contributed by atoms with Crippen LogP contribution >= 0.6 is 0 Å². The molecule has 1 atom stereocenters. The van der Waals surface area contributed by atoms with Crippen LogP contribution in [0.4, 0.5) is 0 Å². The predicted molar refractivity (Wildman–Crippen MR) is 103 cm³/mol. The zero-order valence-corrected chi connectivity index (χ0v) is 15.1. The minimum Gasteiger partial charge on any atom is -0.393 e.